The smallest absolute Gasteiger partial charge is 0.363 e. The summed E-state index contributed by atoms with van der Waals surface area (Å²) in [5, 5.41) is 88.3. The summed E-state index contributed by atoms with van der Waals surface area (Å²) >= 11 is 0. The molecule has 11 aromatic heterocycles. The number of imidazole rings is 4. The molecule has 4 saturated heterocycles. The van der Waals surface area contributed by atoms with Gasteiger partial charge < -0.3 is 130 Å². The number of aliphatic hydroxyl groups is 8. The van der Waals surface area contributed by atoms with Crippen molar-refractivity contribution in [1.29, 1.82) is 0 Å². The van der Waals surface area contributed by atoms with Gasteiger partial charge >= 0.3 is 30.4 Å². The van der Waals surface area contributed by atoms with Crippen LogP contribution in [0.15, 0.2) is 74.9 Å². The molecule has 8 bridgehead atoms. The lowest BCUT2D eigenvalue weighted by Crippen LogP contribution is -2.34. The van der Waals surface area contributed by atoms with Gasteiger partial charge in [-0.05, 0) is 48.6 Å². The van der Waals surface area contributed by atoms with Crippen molar-refractivity contribution >= 4 is 166 Å². The zero-order chi connectivity index (χ0) is 78.5. The van der Waals surface area contributed by atoms with E-state index in [-0.39, 0.29) is 67.9 Å². The lowest BCUT2D eigenvalue weighted by molar-refractivity contribution is -0.0481. The molecule has 0 aromatic carbocycles. The van der Waals surface area contributed by atoms with Gasteiger partial charge in [0.1, 0.15) is 142 Å². The average molecular weight is 1630 g/mol. The molecule has 0 aliphatic carbocycles. The van der Waals surface area contributed by atoms with E-state index in [0.717, 1.165) is 73.9 Å². The third-order valence-corrected chi connectivity index (χ3v) is 25.6. The van der Waals surface area contributed by atoms with Crippen LogP contribution in [0.25, 0.3) is 91.0 Å². The molecule has 11 aromatic rings. The SMILES string of the molecule is Nc1ncnc2c1ncn2[C@@H]1O[C@H](COP(=O)(O)c2c3nc(c(P(=O)(O)OC[C@H]4O[C@@H](n5cnc6c(N)ncnc65)[C@H](O)[C@@H]4O)c4ccc([nH]4)c(P(=O)(O)OC[C@H]4O[C@@H](n5cnc6c(N)ncnc65)[C@H](O)[C@@H]4O)c4ccc([nH]4)c(P(=O)(O)OC[C@H]4O[C@@H](n5cnc6c(N)ncnc65)[C@H](O)[C@@H]4O)c4nc2C=C4)C=C3)[C@@H](O)[C@H]1O. The third-order valence-electron chi connectivity index (χ3n) is 19.4. The average Bonchev–Trinajstić information content (AvgIpc) is 1.65. The number of nitrogens with two attached hydrogens (primary N) is 4. The van der Waals surface area contributed by atoms with Crippen LogP contribution in [0.1, 0.15) is 47.7 Å². The summed E-state index contributed by atoms with van der Waals surface area (Å²) in [5.74, 6) is -0.148. The Balaban J connectivity index is 0.795. The number of nitrogens with one attached hydrogen (secondary N) is 2. The van der Waals surface area contributed by atoms with E-state index >= 15 is 18.3 Å². The van der Waals surface area contributed by atoms with Crippen molar-refractivity contribution in [3.05, 3.63) is 97.7 Å². The first-order valence-corrected chi connectivity index (χ1v) is 39.6. The first-order chi connectivity index (χ1) is 53.5. The molecule has 0 radical (unpaired) electrons. The monoisotopic (exact) mass is 1630 g/mol. The highest BCUT2D eigenvalue weighted by atomic mass is 31.2. The number of aromatic amines is 2. The molecule has 0 spiro atoms. The van der Waals surface area contributed by atoms with Crippen molar-refractivity contribution in [2.75, 3.05) is 49.4 Å². The van der Waals surface area contributed by atoms with E-state index in [9.17, 15) is 60.4 Å². The molecule has 6 aliphatic rings. The fourth-order valence-corrected chi connectivity index (χ4v) is 19.2. The summed E-state index contributed by atoms with van der Waals surface area (Å²) in [6.45, 7) is -4.03. The van der Waals surface area contributed by atoms with Crippen LogP contribution in [0.5, 0.6) is 0 Å². The molecule has 20 atom stereocenters. The Kier molecular flexibility index (Phi) is 18.7. The second kappa shape index (κ2) is 28.0. The Hall–Kier alpha value is -9.88. The first-order valence-electron chi connectivity index (χ1n) is 33.3. The van der Waals surface area contributed by atoms with Crippen LogP contribution >= 0.6 is 30.4 Å². The van der Waals surface area contributed by atoms with E-state index in [0.29, 0.717) is 0 Å². The summed E-state index contributed by atoms with van der Waals surface area (Å²) in [5.41, 5.74) is 20.5. The van der Waals surface area contributed by atoms with Crippen molar-refractivity contribution in [3.63, 3.8) is 0 Å². The fraction of sp³-hybridized carbons (Fsp3) is 0.333. The second-order valence-electron chi connectivity index (χ2n) is 26.2. The number of ether oxygens (including phenoxy) is 4. The molecule has 17 heterocycles. The van der Waals surface area contributed by atoms with Crippen LogP contribution in [-0.2, 0) is 55.3 Å². The van der Waals surface area contributed by atoms with E-state index < -0.39 is 221 Å². The Morgan fingerprint density at radius 2 is 0.571 bits per heavy atom. The summed E-state index contributed by atoms with van der Waals surface area (Å²) in [6.07, 6.45) is -13.5. The van der Waals surface area contributed by atoms with Gasteiger partial charge in [0.05, 0.1) is 96.6 Å². The molecule has 22 N–H and O–H groups in total. The minimum absolute atomic E-state index is 0.0356. The molecule has 0 saturated carbocycles. The van der Waals surface area contributed by atoms with E-state index in [2.05, 4.69) is 79.7 Å². The van der Waals surface area contributed by atoms with Gasteiger partial charge in [0.2, 0.25) is 0 Å². The predicted molar refractivity (Wildman–Crippen MR) is 383 cm³/mol. The van der Waals surface area contributed by atoms with Crippen LogP contribution in [-0.4, -0.2) is 258 Å². The maximum absolute atomic E-state index is 15.5. The molecule has 6 aliphatic heterocycles. The molecule has 4 unspecified atom stereocenters. The summed E-state index contributed by atoms with van der Waals surface area (Å²) in [6, 6.07) is 4.43. The lowest BCUT2D eigenvalue weighted by atomic mass is 10.1. The number of nitrogen functional groups attached to an aromatic ring is 4. The van der Waals surface area contributed by atoms with Gasteiger partial charge in [0.15, 0.2) is 70.8 Å². The summed E-state index contributed by atoms with van der Waals surface area (Å²) in [4.78, 5) is 114. The number of hydrogen-bond donors (Lipinski definition) is 18. The van der Waals surface area contributed by atoms with Gasteiger partial charge in [-0.3, -0.25) is 36.5 Å². The van der Waals surface area contributed by atoms with Crippen molar-refractivity contribution in [2.24, 2.45) is 0 Å². The molecule has 4 fully saturated rings. The van der Waals surface area contributed by atoms with E-state index in [1.165, 1.54) is 43.6 Å². The van der Waals surface area contributed by atoms with Crippen molar-refractivity contribution in [1.82, 2.24) is 98.0 Å². The number of nitrogens with zero attached hydrogens (tertiary/aromatic N) is 18. The lowest BCUT2D eigenvalue weighted by Gasteiger charge is -2.19. The second-order valence-corrected chi connectivity index (χ2v) is 33.2. The van der Waals surface area contributed by atoms with Gasteiger partial charge in [-0.25, -0.2) is 69.8 Å². The largest absolute Gasteiger partial charge is 0.387 e. The molecule has 586 valence electrons. The van der Waals surface area contributed by atoms with Crippen LogP contribution in [0, 0.1) is 0 Å². The number of aliphatic hydroxyl groups excluding tert-OH is 8. The minimum Gasteiger partial charge on any atom is -0.387 e. The van der Waals surface area contributed by atoms with Gasteiger partial charge in [0.25, 0.3) is 0 Å². The third kappa shape index (κ3) is 12.7. The predicted octanol–water partition coefficient (Wildman–Crippen LogP) is -3.87. The highest BCUT2D eigenvalue weighted by Crippen LogP contribution is 2.51. The maximum Gasteiger partial charge on any atom is 0.363 e. The number of H-pyrrole nitrogens is 2. The number of hydrogen-bond acceptors (Lipinski definition) is 38. The van der Waals surface area contributed by atoms with E-state index in [1.54, 1.807) is 0 Å². The highest BCUT2D eigenvalue weighted by molar-refractivity contribution is 7.63. The van der Waals surface area contributed by atoms with Gasteiger partial charge in [-0.2, -0.15) is 0 Å². The van der Waals surface area contributed by atoms with Crippen LogP contribution in [0.4, 0.5) is 23.3 Å². The number of aromatic nitrogens is 20. The van der Waals surface area contributed by atoms with Gasteiger partial charge in [-0.1, -0.05) is 0 Å². The van der Waals surface area contributed by atoms with E-state index in [4.69, 9.17) is 60.0 Å². The van der Waals surface area contributed by atoms with Crippen LogP contribution in [0.2, 0.25) is 0 Å². The maximum atomic E-state index is 15.5. The molecule has 0 amide bonds. The Bertz CT molecular complexity index is 5850. The molecule has 112 heavy (non-hydrogen) atoms. The zero-order valence-electron chi connectivity index (χ0n) is 56.7. The topological polar surface area (TPSA) is 721 Å². The highest BCUT2D eigenvalue weighted by Gasteiger charge is 2.51. The molecule has 52 heteroatoms. The van der Waals surface area contributed by atoms with E-state index in [1.807, 2.05) is 0 Å². The van der Waals surface area contributed by atoms with Crippen LogP contribution in [0.3, 0.4) is 0 Å². The fourth-order valence-electron chi connectivity index (χ4n) is 13.9. The minimum atomic E-state index is -5.66. The summed E-state index contributed by atoms with van der Waals surface area (Å²) in [7, 11) is -22.5. The number of fused-ring (bicyclic) bond motifs is 12. The standard InChI is InChI=1S/C60H62N24O24P4/c61-49-33-53(69-13-65-49)81(17-73-33)57-41(89)37(85)29(105-57)9-101-109(93,94)45-21-1-2-22(77-21)46(110(95,96)102-10-30-38(86)42(90)58(106-30)82-18-74-34-50(62)66-14-70-54(34)82)24-5-6-26(79-24)48(112(99,100)104-12-32-40(88)44(92)60(108-32)84-20-76-36-52(64)68-16-72-56(36)84)28-8-7-27(80-28)47(25-4-3-23(45)78-25)111(97,98)103-11-31-39(87)43(91)59(107-31)83-19-75-35-51(63)67-15-71-55(35)83/h1-8,13-20,29-32,37-44,57-60,77-78,85-92H,9-12H2,(H,93,94)(H,95,96)(H,97,98)(H,99,100)(H2,61,65,69)(H2,62,66,70)(H2,63,67,71)(H2,64,68,72)/t29-,30-,31-,32-,37-,38-,39-,40-,41-,42-,43-,44-,57-,58-,59-,60-/m1/s1. The Morgan fingerprint density at radius 3 is 0.839 bits per heavy atom. The quantitative estimate of drug-likeness (QED) is 0.0325. The number of anilines is 4. The van der Waals surface area contributed by atoms with Crippen LogP contribution < -0.4 is 44.2 Å². The van der Waals surface area contributed by atoms with Crippen molar-refractivity contribution < 1.29 is 116 Å². The zero-order valence-corrected chi connectivity index (χ0v) is 60.3. The first kappa shape index (κ1) is 74.8. The molecular formula is C60H62N24O24P4. The summed E-state index contributed by atoms with van der Waals surface area (Å²) < 4.78 is 114. The molecule has 48 nitrogen and oxygen atoms in total. The Morgan fingerprint density at radius 1 is 0.339 bits per heavy atom. The number of rotatable bonds is 20. The molecular weight excluding hydrogens is 1560 g/mol. The van der Waals surface area contributed by atoms with Gasteiger partial charge in [-0.15, -0.1) is 0 Å². The van der Waals surface area contributed by atoms with Gasteiger partial charge in [0, 0.05) is 0 Å². The normalized spacial score (nSPS) is 28.1. The van der Waals surface area contributed by atoms with Crippen molar-refractivity contribution in [2.45, 2.75) is 98.2 Å². The van der Waals surface area contributed by atoms with Crippen molar-refractivity contribution in [3.8, 4) is 0 Å². The molecule has 17 rings (SSSR count). The Labute approximate surface area is 622 Å².